The fourth-order valence-corrected chi connectivity index (χ4v) is 3.08. The molecular formula is C17H15ClN4O. The highest BCUT2D eigenvalue weighted by atomic mass is 35.5. The summed E-state index contributed by atoms with van der Waals surface area (Å²) >= 11 is 6.17. The van der Waals surface area contributed by atoms with Crippen molar-refractivity contribution in [2.45, 2.75) is 6.42 Å². The van der Waals surface area contributed by atoms with Crippen LogP contribution in [0.3, 0.4) is 0 Å². The van der Waals surface area contributed by atoms with Gasteiger partial charge in [0.2, 0.25) is 0 Å². The second-order valence-electron chi connectivity index (χ2n) is 5.32. The van der Waals surface area contributed by atoms with Crippen LogP contribution in [-0.4, -0.2) is 28.4 Å². The molecule has 0 saturated heterocycles. The maximum atomic E-state index is 6.17. The van der Waals surface area contributed by atoms with Crippen molar-refractivity contribution in [1.82, 2.24) is 14.8 Å². The van der Waals surface area contributed by atoms with E-state index in [1.807, 2.05) is 41.2 Å². The van der Waals surface area contributed by atoms with Crippen molar-refractivity contribution in [1.29, 1.82) is 0 Å². The van der Waals surface area contributed by atoms with E-state index in [1.165, 1.54) is 5.56 Å². The number of fused-ring (bicyclic) bond motifs is 1. The SMILES string of the molecule is COc1ccc(Cl)cc1-n1nc(-c2cccnc2)c2c1NCC2. The van der Waals surface area contributed by atoms with Gasteiger partial charge in [0.15, 0.2) is 0 Å². The van der Waals surface area contributed by atoms with Gasteiger partial charge in [0, 0.05) is 35.1 Å². The summed E-state index contributed by atoms with van der Waals surface area (Å²) in [6, 6.07) is 9.46. The smallest absolute Gasteiger partial charge is 0.144 e. The molecule has 0 bridgehead atoms. The Morgan fingerprint density at radius 1 is 1.30 bits per heavy atom. The van der Waals surface area contributed by atoms with E-state index in [9.17, 15) is 0 Å². The molecule has 0 fully saturated rings. The molecule has 1 aromatic carbocycles. The molecule has 0 spiro atoms. The number of nitrogens with one attached hydrogen (secondary N) is 1. The largest absolute Gasteiger partial charge is 0.494 e. The van der Waals surface area contributed by atoms with Gasteiger partial charge in [-0.2, -0.15) is 5.10 Å². The number of aromatic nitrogens is 3. The van der Waals surface area contributed by atoms with Crippen LogP contribution in [0.4, 0.5) is 5.82 Å². The third kappa shape index (κ3) is 2.33. The Kier molecular flexibility index (Phi) is 3.42. The first-order chi connectivity index (χ1) is 11.3. The van der Waals surface area contributed by atoms with Gasteiger partial charge in [-0.05, 0) is 36.8 Å². The van der Waals surface area contributed by atoms with E-state index in [-0.39, 0.29) is 0 Å². The lowest BCUT2D eigenvalue weighted by molar-refractivity contribution is 0.412. The molecular weight excluding hydrogens is 312 g/mol. The number of methoxy groups -OCH3 is 1. The van der Waals surface area contributed by atoms with E-state index in [2.05, 4.69) is 10.3 Å². The second kappa shape index (κ2) is 5.59. The van der Waals surface area contributed by atoms with Crippen molar-refractivity contribution in [2.75, 3.05) is 19.0 Å². The molecule has 1 N–H and O–H groups in total. The third-order valence-corrected chi connectivity index (χ3v) is 4.19. The lowest BCUT2D eigenvalue weighted by Gasteiger charge is -2.11. The topological polar surface area (TPSA) is 52.0 Å². The summed E-state index contributed by atoms with van der Waals surface area (Å²) < 4.78 is 7.34. The molecule has 0 aliphatic carbocycles. The van der Waals surface area contributed by atoms with Gasteiger partial charge in [-0.15, -0.1) is 0 Å². The van der Waals surface area contributed by atoms with Gasteiger partial charge in [0.1, 0.15) is 17.3 Å². The van der Waals surface area contributed by atoms with E-state index in [4.69, 9.17) is 21.4 Å². The first kappa shape index (κ1) is 14.1. The zero-order valence-corrected chi connectivity index (χ0v) is 13.3. The van der Waals surface area contributed by atoms with Crippen LogP contribution in [-0.2, 0) is 6.42 Å². The highest BCUT2D eigenvalue weighted by molar-refractivity contribution is 6.30. The molecule has 3 heterocycles. The summed E-state index contributed by atoms with van der Waals surface area (Å²) in [6.45, 7) is 0.892. The van der Waals surface area contributed by atoms with Crippen molar-refractivity contribution >= 4 is 17.4 Å². The lowest BCUT2D eigenvalue weighted by Crippen LogP contribution is -2.05. The van der Waals surface area contributed by atoms with Crippen LogP contribution >= 0.6 is 11.6 Å². The lowest BCUT2D eigenvalue weighted by atomic mass is 10.1. The summed E-state index contributed by atoms with van der Waals surface area (Å²) in [5.74, 6) is 1.72. The molecule has 5 nitrogen and oxygen atoms in total. The molecule has 0 saturated carbocycles. The molecule has 116 valence electrons. The second-order valence-corrected chi connectivity index (χ2v) is 5.76. The number of halogens is 1. The molecule has 3 aromatic rings. The van der Waals surface area contributed by atoms with Crippen LogP contribution in [0.2, 0.25) is 5.02 Å². The standard InChI is InChI=1S/C17H15ClN4O/c1-23-15-5-4-12(18)9-14(15)22-17-13(6-8-20-17)16(21-22)11-3-2-7-19-10-11/h2-5,7,9-10,20H,6,8H2,1H3. The number of pyridine rings is 1. The predicted octanol–water partition coefficient (Wildman–Crippen LogP) is 3.56. The van der Waals surface area contributed by atoms with Gasteiger partial charge in [-0.1, -0.05) is 11.6 Å². The van der Waals surface area contributed by atoms with Gasteiger partial charge in [0.25, 0.3) is 0 Å². The average Bonchev–Trinajstić information content (AvgIpc) is 3.18. The summed E-state index contributed by atoms with van der Waals surface area (Å²) in [4.78, 5) is 4.20. The van der Waals surface area contributed by atoms with E-state index in [1.54, 1.807) is 13.3 Å². The summed E-state index contributed by atoms with van der Waals surface area (Å²) in [7, 11) is 1.64. The number of benzene rings is 1. The Morgan fingerprint density at radius 2 is 2.22 bits per heavy atom. The average molecular weight is 327 g/mol. The summed E-state index contributed by atoms with van der Waals surface area (Å²) in [5, 5.41) is 8.85. The van der Waals surface area contributed by atoms with Crippen LogP contribution in [0.1, 0.15) is 5.56 Å². The third-order valence-electron chi connectivity index (χ3n) is 3.96. The molecule has 6 heteroatoms. The fraction of sp³-hybridized carbons (Fsp3) is 0.176. The molecule has 23 heavy (non-hydrogen) atoms. The molecule has 0 amide bonds. The minimum Gasteiger partial charge on any atom is -0.494 e. The number of hydrogen-bond donors (Lipinski definition) is 1. The van der Waals surface area contributed by atoms with Crippen molar-refractivity contribution in [3.63, 3.8) is 0 Å². The van der Waals surface area contributed by atoms with Crippen LogP contribution in [0, 0.1) is 0 Å². The van der Waals surface area contributed by atoms with Gasteiger partial charge in [-0.3, -0.25) is 4.98 Å². The van der Waals surface area contributed by atoms with Gasteiger partial charge < -0.3 is 10.1 Å². The number of anilines is 1. The number of hydrogen-bond acceptors (Lipinski definition) is 4. The van der Waals surface area contributed by atoms with Crippen LogP contribution in [0.15, 0.2) is 42.7 Å². The minimum atomic E-state index is 0.644. The Bertz CT molecular complexity index is 861. The number of rotatable bonds is 3. The maximum Gasteiger partial charge on any atom is 0.144 e. The Balaban J connectivity index is 1.93. The maximum absolute atomic E-state index is 6.17. The summed E-state index contributed by atoms with van der Waals surface area (Å²) in [5.41, 5.74) is 3.97. The number of ether oxygens (including phenoxy) is 1. The van der Waals surface area contributed by atoms with Gasteiger partial charge >= 0.3 is 0 Å². The van der Waals surface area contributed by atoms with Gasteiger partial charge in [0.05, 0.1) is 12.8 Å². The minimum absolute atomic E-state index is 0.644. The number of nitrogens with zero attached hydrogens (tertiary/aromatic N) is 3. The molecule has 1 aliphatic heterocycles. The van der Waals surface area contributed by atoms with E-state index in [0.29, 0.717) is 5.02 Å². The van der Waals surface area contributed by atoms with Crippen LogP contribution < -0.4 is 10.1 Å². The van der Waals surface area contributed by atoms with Crippen molar-refractivity contribution < 1.29 is 4.74 Å². The van der Waals surface area contributed by atoms with Crippen molar-refractivity contribution in [2.24, 2.45) is 0 Å². The molecule has 2 aromatic heterocycles. The first-order valence-corrected chi connectivity index (χ1v) is 7.76. The highest BCUT2D eigenvalue weighted by Gasteiger charge is 2.25. The molecule has 0 atom stereocenters. The van der Waals surface area contributed by atoms with Gasteiger partial charge in [-0.25, -0.2) is 4.68 Å². The fourth-order valence-electron chi connectivity index (χ4n) is 2.91. The quantitative estimate of drug-likeness (QED) is 0.799. The molecule has 0 unspecified atom stereocenters. The zero-order valence-electron chi connectivity index (χ0n) is 12.6. The Labute approximate surface area is 138 Å². The summed E-state index contributed by atoms with van der Waals surface area (Å²) in [6.07, 6.45) is 4.53. The predicted molar refractivity (Wildman–Crippen MR) is 90.6 cm³/mol. The zero-order chi connectivity index (χ0) is 15.8. The molecule has 4 rings (SSSR count). The van der Waals surface area contributed by atoms with E-state index < -0.39 is 0 Å². The highest BCUT2D eigenvalue weighted by Crippen LogP contribution is 2.37. The Morgan fingerprint density at radius 3 is 3.00 bits per heavy atom. The van der Waals surface area contributed by atoms with Crippen LogP contribution in [0.25, 0.3) is 16.9 Å². The van der Waals surface area contributed by atoms with Crippen molar-refractivity contribution in [3.8, 4) is 22.7 Å². The molecule has 1 aliphatic rings. The Hall–Kier alpha value is -2.53. The normalized spacial score (nSPS) is 12.8. The monoisotopic (exact) mass is 326 g/mol. The first-order valence-electron chi connectivity index (χ1n) is 7.38. The van der Waals surface area contributed by atoms with E-state index >= 15 is 0 Å². The van der Waals surface area contributed by atoms with Crippen molar-refractivity contribution in [3.05, 3.63) is 53.3 Å². The van der Waals surface area contributed by atoms with Crippen LogP contribution in [0.5, 0.6) is 5.75 Å². The van der Waals surface area contributed by atoms with E-state index in [0.717, 1.165) is 41.5 Å². The molecule has 0 radical (unpaired) electrons.